The number of carbonyl (C=O) groups excluding carboxylic acids is 1. The lowest BCUT2D eigenvalue weighted by atomic mass is 10.1. The van der Waals surface area contributed by atoms with Crippen LogP contribution in [-0.4, -0.2) is 37.0 Å². The number of nitrogens with two attached hydrogens (primary N) is 1. The first-order chi connectivity index (χ1) is 12.7. The number of hydrogen-bond donors (Lipinski definition) is 2. The summed E-state index contributed by atoms with van der Waals surface area (Å²) < 4.78 is 5.93. The van der Waals surface area contributed by atoms with Gasteiger partial charge in [-0.15, -0.1) is 12.4 Å². The molecule has 0 radical (unpaired) electrons. The number of nitrogens with one attached hydrogen (secondary N) is 1. The van der Waals surface area contributed by atoms with Crippen LogP contribution in [0.3, 0.4) is 0 Å². The SMILES string of the molecule is CCN(CC)CCOc1ccccc1CNC(=O)c1ccc(CN)cc1.Cl. The first-order valence-electron chi connectivity index (χ1n) is 9.18. The summed E-state index contributed by atoms with van der Waals surface area (Å²) in [6, 6.07) is 15.2. The molecule has 148 valence electrons. The van der Waals surface area contributed by atoms with Crippen LogP contribution in [0.2, 0.25) is 0 Å². The fourth-order valence-electron chi connectivity index (χ4n) is 2.68. The maximum Gasteiger partial charge on any atom is 0.251 e. The number of para-hydroxylation sites is 1. The highest BCUT2D eigenvalue weighted by atomic mass is 35.5. The van der Waals surface area contributed by atoms with Gasteiger partial charge in [-0.3, -0.25) is 4.79 Å². The Labute approximate surface area is 168 Å². The summed E-state index contributed by atoms with van der Waals surface area (Å²) in [5.41, 5.74) is 8.19. The average molecular weight is 392 g/mol. The molecule has 5 nitrogen and oxygen atoms in total. The zero-order valence-electron chi connectivity index (χ0n) is 16.1. The highest BCUT2D eigenvalue weighted by Gasteiger charge is 2.08. The van der Waals surface area contributed by atoms with Crippen molar-refractivity contribution in [2.45, 2.75) is 26.9 Å². The summed E-state index contributed by atoms with van der Waals surface area (Å²) >= 11 is 0. The lowest BCUT2D eigenvalue weighted by Crippen LogP contribution is -2.28. The molecule has 0 atom stereocenters. The van der Waals surface area contributed by atoms with Crippen molar-refractivity contribution in [1.82, 2.24) is 10.2 Å². The molecule has 0 fully saturated rings. The van der Waals surface area contributed by atoms with E-state index in [9.17, 15) is 4.79 Å². The van der Waals surface area contributed by atoms with Crippen LogP contribution < -0.4 is 15.8 Å². The number of likely N-dealkylation sites (N-methyl/N-ethyl adjacent to an activating group) is 1. The molecule has 6 heteroatoms. The van der Waals surface area contributed by atoms with Crippen molar-refractivity contribution in [1.29, 1.82) is 0 Å². The fourth-order valence-corrected chi connectivity index (χ4v) is 2.68. The Hall–Kier alpha value is -2.08. The van der Waals surface area contributed by atoms with Gasteiger partial charge in [0.1, 0.15) is 12.4 Å². The second-order valence-corrected chi connectivity index (χ2v) is 6.07. The normalized spacial score (nSPS) is 10.4. The molecule has 2 rings (SSSR count). The van der Waals surface area contributed by atoms with Gasteiger partial charge < -0.3 is 20.7 Å². The minimum Gasteiger partial charge on any atom is -0.492 e. The molecule has 0 spiro atoms. The molecule has 0 aliphatic carbocycles. The third-order valence-corrected chi connectivity index (χ3v) is 4.42. The van der Waals surface area contributed by atoms with Gasteiger partial charge in [0.2, 0.25) is 0 Å². The van der Waals surface area contributed by atoms with Gasteiger partial charge in [-0.2, -0.15) is 0 Å². The van der Waals surface area contributed by atoms with E-state index in [1.807, 2.05) is 36.4 Å². The van der Waals surface area contributed by atoms with E-state index < -0.39 is 0 Å². The minimum absolute atomic E-state index is 0. The summed E-state index contributed by atoms with van der Waals surface area (Å²) in [7, 11) is 0. The van der Waals surface area contributed by atoms with Crippen molar-refractivity contribution in [2.75, 3.05) is 26.2 Å². The molecule has 1 amide bonds. The van der Waals surface area contributed by atoms with Gasteiger partial charge in [0.25, 0.3) is 5.91 Å². The van der Waals surface area contributed by atoms with Crippen LogP contribution in [-0.2, 0) is 13.1 Å². The lowest BCUT2D eigenvalue weighted by Gasteiger charge is -2.19. The monoisotopic (exact) mass is 391 g/mol. The van der Waals surface area contributed by atoms with Gasteiger partial charge in [-0.25, -0.2) is 0 Å². The molecule has 0 bridgehead atoms. The van der Waals surface area contributed by atoms with Crippen molar-refractivity contribution in [2.24, 2.45) is 5.73 Å². The topological polar surface area (TPSA) is 67.6 Å². The smallest absolute Gasteiger partial charge is 0.251 e. The molecule has 0 saturated carbocycles. The molecular weight excluding hydrogens is 362 g/mol. The van der Waals surface area contributed by atoms with Crippen LogP contribution in [0, 0.1) is 0 Å². The Balaban J connectivity index is 0.00000364. The minimum atomic E-state index is -0.105. The largest absolute Gasteiger partial charge is 0.492 e. The Bertz CT molecular complexity index is 688. The summed E-state index contributed by atoms with van der Waals surface area (Å²) in [6.07, 6.45) is 0. The Morgan fingerprint density at radius 3 is 2.37 bits per heavy atom. The number of benzene rings is 2. The predicted molar refractivity (Wildman–Crippen MR) is 112 cm³/mol. The van der Waals surface area contributed by atoms with E-state index in [2.05, 4.69) is 24.1 Å². The van der Waals surface area contributed by atoms with Crippen LogP contribution in [0.1, 0.15) is 35.3 Å². The van der Waals surface area contributed by atoms with Crippen LogP contribution in [0.15, 0.2) is 48.5 Å². The van der Waals surface area contributed by atoms with E-state index >= 15 is 0 Å². The zero-order valence-corrected chi connectivity index (χ0v) is 16.9. The fraction of sp³-hybridized carbons (Fsp3) is 0.381. The molecule has 2 aromatic rings. The Kier molecular flexibility index (Phi) is 10.5. The quantitative estimate of drug-likeness (QED) is 0.652. The number of rotatable bonds is 10. The van der Waals surface area contributed by atoms with E-state index in [0.29, 0.717) is 25.3 Å². The van der Waals surface area contributed by atoms with Crippen molar-refractivity contribution < 1.29 is 9.53 Å². The number of hydrogen-bond acceptors (Lipinski definition) is 4. The molecule has 27 heavy (non-hydrogen) atoms. The molecule has 3 N–H and O–H groups in total. The standard InChI is InChI=1S/C21H29N3O2.ClH/c1-3-24(4-2)13-14-26-20-8-6-5-7-19(20)16-23-21(25)18-11-9-17(15-22)10-12-18;/h5-12H,3-4,13-16,22H2,1-2H3,(H,23,25);1H. The van der Waals surface area contributed by atoms with E-state index in [-0.39, 0.29) is 18.3 Å². The summed E-state index contributed by atoms with van der Waals surface area (Å²) in [4.78, 5) is 14.6. The number of ether oxygens (including phenoxy) is 1. The third kappa shape index (κ3) is 7.21. The molecule has 0 aliphatic heterocycles. The van der Waals surface area contributed by atoms with Gasteiger partial charge >= 0.3 is 0 Å². The van der Waals surface area contributed by atoms with Crippen molar-refractivity contribution >= 4 is 18.3 Å². The van der Waals surface area contributed by atoms with Crippen LogP contribution in [0.4, 0.5) is 0 Å². The van der Waals surface area contributed by atoms with Gasteiger partial charge in [-0.1, -0.05) is 44.2 Å². The highest BCUT2D eigenvalue weighted by Crippen LogP contribution is 2.18. The molecule has 0 aliphatic rings. The predicted octanol–water partition coefficient (Wildman–Crippen LogP) is 3.22. The number of amides is 1. The maximum atomic E-state index is 12.3. The van der Waals surface area contributed by atoms with Gasteiger partial charge in [0.05, 0.1) is 0 Å². The summed E-state index contributed by atoms with van der Waals surface area (Å²) in [5, 5.41) is 2.95. The summed E-state index contributed by atoms with van der Waals surface area (Å²) in [5.74, 6) is 0.713. The number of halogens is 1. The number of carbonyl (C=O) groups is 1. The second-order valence-electron chi connectivity index (χ2n) is 6.07. The van der Waals surface area contributed by atoms with E-state index in [4.69, 9.17) is 10.5 Å². The number of nitrogens with zero attached hydrogens (tertiary/aromatic N) is 1. The Morgan fingerprint density at radius 2 is 1.74 bits per heavy atom. The average Bonchev–Trinajstić information content (AvgIpc) is 2.70. The van der Waals surface area contributed by atoms with Gasteiger partial charge in [0.15, 0.2) is 0 Å². The van der Waals surface area contributed by atoms with Gasteiger partial charge in [-0.05, 0) is 36.9 Å². The zero-order chi connectivity index (χ0) is 18.8. The molecule has 0 saturated heterocycles. The van der Waals surface area contributed by atoms with Crippen LogP contribution in [0.25, 0.3) is 0 Å². The first-order valence-corrected chi connectivity index (χ1v) is 9.18. The molecular formula is C21H30ClN3O2. The highest BCUT2D eigenvalue weighted by molar-refractivity contribution is 5.94. The summed E-state index contributed by atoms with van der Waals surface area (Å²) in [6.45, 7) is 8.74. The van der Waals surface area contributed by atoms with Crippen molar-refractivity contribution in [3.63, 3.8) is 0 Å². The maximum absolute atomic E-state index is 12.3. The van der Waals surface area contributed by atoms with E-state index in [0.717, 1.165) is 36.5 Å². The van der Waals surface area contributed by atoms with Crippen molar-refractivity contribution in [3.05, 3.63) is 65.2 Å². The van der Waals surface area contributed by atoms with E-state index in [1.165, 1.54) is 0 Å². The molecule has 0 aromatic heterocycles. The molecule has 2 aromatic carbocycles. The van der Waals surface area contributed by atoms with Gasteiger partial charge in [0, 0.05) is 30.8 Å². The van der Waals surface area contributed by atoms with Crippen LogP contribution >= 0.6 is 12.4 Å². The van der Waals surface area contributed by atoms with Crippen molar-refractivity contribution in [3.8, 4) is 5.75 Å². The Morgan fingerprint density at radius 1 is 1.07 bits per heavy atom. The molecule has 0 heterocycles. The lowest BCUT2D eigenvalue weighted by molar-refractivity contribution is 0.0950. The molecule has 0 unspecified atom stereocenters. The first kappa shape index (κ1) is 23.0. The van der Waals surface area contributed by atoms with Crippen LogP contribution in [0.5, 0.6) is 5.75 Å². The third-order valence-electron chi connectivity index (χ3n) is 4.42. The second kappa shape index (κ2) is 12.3. The van der Waals surface area contributed by atoms with E-state index in [1.54, 1.807) is 12.1 Å².